The second-order valence-corrected chi connectivity index (χ2v) is 17.6. The lowest BCUT2D eigenvalue weighted by molar-refractivity contribution is -0.140. The van der Waals surface area contributed by atoms with E-state index in [4.69, 9.17) is 4.74 Å². The van der Waals surface area contributed by atoms with Crippen LogP contribution in [-0.4, -0.2) is 91.9 Å². The van der Waals surface area contributed by atoms with E-state index in [1.54, 1.807) is 0 Å². The van der Waals surface area contributed by atoms with Crippen molar-refractivity contribution in [1.82, 2.24) is 25.2 Å². The van der Waals surface area contributed by atoms with Crippen molar-refractivity contribution in [3.05, 3.63) is 34.9 Å². The van der Waals surface area contributed by atoms with Crippen molar-refractivity contribution in [2.45, 2.75) is 128 Å². The Morgan fingerprint density at radius 2 is 1.80 bits per heavy atom. The van der Waals surface area contributed by atoms with E-state index < -0.39 is 28.2 Å². The number of rotatable bonds is 5. The number of hydrogen-bond acceptors (Lipinski definition) is 8. The molecule has 5 unspecified atom stereocenters. The molecule has 46 heavy (non-hydrogen) atoms. The molecular formula is C35H57N5O5S. The van der Waals surface area contributed by atoms with E-state index >= 15 is 0 Å². The SMILES string of the molecule is Cc1cccc(C)c1C1CC2NC(N1)NS(=O)(=O)C1CCCC(C1)CN(C1CC3(CCN(C(=O)CO)CC3)C1)[C@H](CC(C)C)CO2. The maximum absolute atomic E-state index is 13.9. The summed E-state index contributed by atoms with van der Waals surface area (Å²) in [6.45, 7) is 11.4. The van der Waals surface area contributed by atoms with Gasteiger partial charge in [-0.1, -0.05) is 38.5 Å². The van der Waals surface area contributed by atoms with Crippen LogP contribution in [0.2, 0.25) is 0 Å². The number of benzene rings is 1. The number of sulfonamides is 1. The quantitative estimate of drug-likeness (QED) is 0.379. The molecule has 2 saturated carbocycles. The Morgan fingerprint density at radius 1 is 1.09 bits per heavy atom. The lowest BCUT2D eigenvalue weighted by Gasteiger charge is -2.57. The number of hydrogen-bond donors (Lipinski definition) is 4. The molecule has 1 amide bonds. The first-order valence-electron chi connectivity index (χ1n) is 17.8. The van der Waals surface area contributed by atoms with E-state index in [2.05, 4.69) is 66.1 Å². The van der Waals surface area contributed by atoms with Crippen LogP contribution in [0.5, 0.6) is 0 Å². The number of aliphatic hydroxyl groups excluding tert-OH is 1. The zero-order valence-electron chi connectivity index (χ0n) is 28.3. The van der Waals surface area contributed by atoms with Crippen molar-refractivity contribution in [3.63, 3.8) is 0 Å². The van der Waals surface area contributed by atoms with Gasteiger partial charge in [-0.2, -0.15) is 4.72 Å². The van der Waals surface area contributed by atoms with Gasteiger partial charge >= 0.3 is 0 Å². The molecule has 10 nitrogen and oxygen atoms in total. The van der Waals surface area contributed by atoms with E-state index in [1.165, 1.54) is 16.7 Å². The zero-order valence-corrected chi connectivity index (χ0v) is 29.2. The van der Waals surface area contributed by atoms with Crippen LogP contribution in [0, 0.1) is 31.1 Å². The van der Waals surface area contributed by atoms with Gasteiger partial charge in [-0.3, -0.25) is 20.3 Å². The lowest BCUT2D eigenvalue weighted by Crippen LogP contribution is -2.64. The Balaban J connectivity index is 1.26. The number of aliphatic hydroxyl groups is 1. The second kappa shape index (κ2) is 14.1. The third-order valence-corrected chi connectivity index (χ3v) is 13.7. The van der Waals surface area contributed by atoms with E-state index in [-0.39, 0.29) is 29.6 Å². The first kappa shape index (κ1) is 34.3. The first-order valence-corrected chi connectivity index (χ1v) is 19.4. The van der Waals surface area contributed by atoms with Gasteiger partial charge in [-0.05, 0) is 99.2 Å². The number of nitrogens with zero attached hydrogens (tertiary/aromatic N) is 2. The molecule has 2 aliphatic carbocycles. The van der Waals surface area contributed by atoms with Crippen molar-refractivity contribution < 1.29 is 23.1 Å². The molecule has 5 aliphatic rings. The van der Waals surface area contributed by atoms with Crippen LogP contribution in [0.15, 0.2) is 18.2 Å². The van der Waals surface area contributed by atoms with Crippen LogP contribution in [0.3, 0.4) is 0 Å². The number of ether oxygens (including phenoxy) is 1. The molecule has 4 bridgehead atoms. The Kier molecular flexibility index (Phi) is 10.5. The molecule has 4 N–H and O–H groups in total. The summed E-state index contributed by atoms with van der Waals surface area (Å²) in [4.78, 5) is 16.6. The average Bonchev–Trinajstić information content (AvgIpc) is 3.00. The normalized spacial score (nSPS) is 33.9. The van der Waals surface area contributed by atoms with Crippen LogP contribution >= 0.6 is 0 Å². The van der Waals surface area contributed by atoms with Gasteiger partial charge in [0.15, 0.2) is 0 Å². The molecule has 0 radical (unpaired) electrons. The third kappa shape index (κ3) is 7.51. The molecule has 1 aromatic carbocycles. The molecule has 6 atom stereocenters. The summed E-state index contributed by atoms with van der Waals surface area (Å²) in [5, 5.41) is 16.0. The predicted molar refractivity (Wildman–Crippen MR) is 179 cm³/mol. The maximum Gasteiger partial charge on any atom is 0.248 e. The number of piperidine rings is 1. The van der Waals surface area contributed by atoms with E-state index in [1.807, 2.05) is 4.90 Å². The van der Waals surface area contributed by atoms with Crippen molar-refractivity contribution >= 4 is 15.9 Å². The van der Waals surface area contributed by atoms with E-state index in [0.29, 0.717) is 43.7 Å². The average molecular weight is 660 g/mol. The van der Waals surface area contributed by atoms with E-state index in [9.17, 15) is 18.3 Å². The molecular weight excluding hydrogens is 602 g/mol. The summed E-state index contributed by atoms with van der Waals surface area (Å²) >= 11 is 0. The molecule has 3 aliphatic heterocycles. The highest BCUT2D eigenvalue weighted by molar-refractivity contribution is 7.90. The number of carbonyl (C=O) groups is 1. The van der Waals surface area contributed by atoms with E-state index in [0.717, 1.165) is 64.6 Å². The van der Waals surface area contributed by atoms with Crippen molar-refractivity contribution in [3.8, 4) is 0 Å². The summed E-state index contributed by atoms with van der Waals surface area (Å²) in [5.74, 6) is 0.670. The number of fused-ring (bicyclic) bond motifs is 4. The topological polar surface area (TPSA) is 123 Å². The molecule has 5 fully saturated rings. The third-order valence-electron chi connectivity index (χ3n) is 11.8. The number of nitrogens with one attached hydrogen (secondary N) is 3. The molecule has 6 rings (SSSR count). The summed E-state index contributed by atoms with van der Waals surface area (Å²) in [6, 6.07) is 6.97. The summed E-state index contributed by atoms with van der Waals surface area (Å²) in [6.07, 6.45) is 8.42. The number of aryl methyl sites for hydroxylation is 2. The van der Waals surface area contributed by atoms with Gasteiger partial charge in [0.05, 0.1) is 11.9 Å². The molecule has 0 aromatic heterocycles. The van der Waals surface area contributed by atoms with Crippen LogP contribution in [-0.2, 0) is 19.6 Å². The van der Waals surface area contributed by atoms with Gasteiger partial charge < -0.3 is 14.7 Å². The number of amides is 1. The van der Waals surface area contributed by atoms with Gasteiger partial charge in [-0.25, -0.2) is 8.42 Å². The summed E-state index contributed by atoms with van der Waals surface area (Å²) in [5.41, 5.74) is 3.87. The van der Waals surface area contributed by atoms with Gasteiger partial charge in [0.2, 0.25) is 15.9 Å². The van der Waals surface area contributed by atoms with Crippen molar-refractivity contribution in [1.29, 1.82) is 0 Å². The predicted octanol–water partition coefficient (Wildman–Crippen LogP) is 3.53. The minimum Gasteiger partial charge on any atom is -0.387 e. The van der Waals surface area contributed by atoms with Crippen LogP contribution in [0.25, 0.3) is 0 Å². The van der Waals surface area contributed by atoms with Gasteiger partial charge in [-0.15, -0.1) is 0 Å². The fourth-order valence-corrected chi connectivity index (χ4v) is 11.0. The van der Waals surface area contributed by atoms with Crippen LogP contribution < -0.4 is 15.4 Å². The Labute approximate surface area is 276 Å². The zero-order chi connectivity index (χ0) is 32.6. The van der Waals surface area contributed by atoms with Gasteiger partial charge in [0.1, 0.15) is 19.1 Å². The smallest absolute Gasteiger partial charge is 0.248 e. The highest BCUT2D eigenvalue weighted by atomic mass is 32.2. The largest absolute Gasteiger partial charge is 0.387 e. The standard InChI is InChI=1S/C35H57N5O5S/c1-23(2)15-27-22-45-31-17-30(33-24(3)7-5-8-25(33)4)36-34(37-31)38-46(43,44)29-10-6-9-26(16-29)20-40(27)28-18-35(19-28)11-13-39(14-12-35)32(42)21-41/h5,7-8,23,26-31,34,36-38,41H,6,9-22H2,1-4H3/t26?,27-,29?,30?,31?,34?/m1/s1. The minimum atomic E-state index is -3.57. The Hall–Kier alpha value is -1.60. The first-order chi connectivity index (χ1) is 21.9. The molecule has 1 aromatic rings. The molecule has 258 valence electrons. The van der Waals surface area contributed by atoms with Crippen molar-refractivity contribution in [2.24, 2.45) is 17.3 Å². The highest BCUT2D eigenvalue weighted by Crippen LogP contribution is 2.52. The summed E-state index contributed by atoms with van der Waals surface area (Å²) < 4.78 is 37.6. The fraction of sp³-hybridized carbons (Fsp3) is 0.800. The second-order valence-electron chi connectivity index (χ2n) is 15.6. The number of carbonyl (C=O) groups excluding carboxylic acids is 1. The lowest BCUT2D eigenvalue weighted by atomic mass is 9.59. The monoisotopic (exact) mass is 659 g/mol. The minimum absolute atomic E-state index is 0.0425. The highest BCUT2D eigenvalue weighted by Gasteiger charge is 2.50. The van der Waals surface area contributed by atoms with Gasteiger partial charge in [0, 0.05) is 44.2 Å². The molecule has 11 heteroatoms. The molecule has 3 heterocycles. The molecule has 3 saturated heterocycles. The molecule has 1 spiro atoms. The van der Waals surface area contributed by atoms with Crippen LogP contribution in [0.1, 0.15) is 101 Å². The van der Waals surface area contributed by atoms with Crippen LogP contribution in [0.4, 0.5) is 0 Å². The summed E-state index contributed by atoms with van der Waals surface area (Å²) in [7, 11) is -3.57. The Bertz CT molecular complexity index is 1300. The number of likely N-dealkylation sites (tertiary alicyclic amines) is 1. The Morgan fingerprint density at radius 3 is 2.48 bits per heavy atom. The fourth-order valence-electron chi connectivity index (χ4n) is 9.38. The maximum atomic E-state index is 13.9. The van der Waals surface area contributed by atoms with Gasteiger partial charge in [0.25, 0.3) is 0 Å². The van der Waals surface area contributed by atoms with Crippen molar-refractivity contribution in [2.75, 3.05) is 32.8 Å².